The Morgan fingerprint density at radius 2 is 1.85 bits per heavy atom. The van der Waals surface area contributed by atoms with Crippen molar-refractivity contribution in [2.45, 2.75) is 24.7 Å². The number of aromatic nitrogens is 1. The molecule has 0 unspecified atom stereocenters. The smallest absolute Gasteiger partial charge is 0.311 e. The molecule has 1 aromatic heterocycles. The number of nitrogens with zero attached hydrogens (tertiary/aromatic N) is 1. The molecule has 132 valence electrons. The van der Waals surface area contributed by atoms with Crippen LogP contribution in [0.2, 0.25) is 0 Å². The van der Waals surface area contributed by atoms with E-state index in [1.807, 2.05) is 24.3 Å². The zero-order valence-electron chi connectivity index (χ0n) is 14.9. The Morgan fingerprint density at radius 1 is 1.12 bits per heavy atom. The standard InChI is InChI=1S/C22H22N2O2/c1-26-21(25)14-17-13-20(18-9-5-6-10-19(18)24-17)23-15-22(11-12-22)16-7-3-2-4-8-16/h2-10,13H,11-12,14-15H2,1H3,(H,23,24). The van der Waals surface area contributed by atoms with Gasteiger partial charge in [0.05, 0.1) is 24.7 Å². The highest BCUT2D eigenvalue weighted by molar-refractivity contribution is 5.92. The van der Waals surface area contributed by atoms with Crippen LogP contribution in [0.15, 0.2) is 60.7 Å². The van der Waals surface area contributed by atoms with E-state index in [1.165, 1.54) is 25.5 Å². The van der Waals surface area contributed by atoms with Crippen LogP contribution in [0, 0.1) is 0 Å². The van der Waals surface area contributed by atoms with Crippen LogP contribution in [0.4, 0.5) is 5.69 Å². The molecule has 1 aliphatic carbocycles. The number of nitrogens with one attached hydrogen (secondary N) is 1. The van der Waals surface area contributed by atoms with Crippen LogP contribution in [-0.4, -0.2) is 24.6 Å². The molecule has 0 atom stereocenters. The van der Waals surface area contributed by atoms with Crippen molar-refractivity contribution in [1.29, 1.82) is 0 Å². The predicted molar refractivity (Wildman–Crippen MR) is 103 cm³/mol. The van der Waals surface area contributed by atoms with Crippen molar-refractivity contribution >= 4 is 22.6 Å². The first-order chi connectivity index (χ1) is 12.7. The second-order valence-corrected chi connectivity index (χ2v) is 6.93. The number of carbonyl (C=O) groups is 1. The van der Waals surface area contributed by atoms with Crippen molar-refractivity contribution in [3.63, 3.8) is 0 Å². The van der Waals surface area contributed by atoms with Gasteiger partial charge in [-0.1, -0.05) is 48.5 Å². The summed E-state index contributed by atoms with van der Waals surface area (Å²) in [6.07, 6.45) is 2.57. The number of hydrogen-bond acceptors (Lipinski definition) is 4. The fourth-order valence-electron chi connectivity index (χ4n) is 3.46. The lowest BCUT2D eigenvalue weighted by atomic mass is 9.96. The first-order valence-corrected chi connectivity index (χ1v) is 8.95. The molecule has 1 fully saturated rings. The molecule has 4 rings (SSSR count). The molecule has 1 aliphatic rings. The number of esters is 1. The molecule has 1 saturated carbocycles. The van der Waals surface area contributed by atoms with Crippen molar-refractivity contribution in [1.82, 2.24) is 4.98 Å². The van der Waals surface area contributed by atoms with Gasteiger partial charge < -0.3 is 10.1 Å². The predicted octanol–water partition coefficient (Wildman–Crippen LogP) is 4.09. The summed E-state index contributed by atoms with van der Waals surface area (Å²) < 4.78 is 4.79. The largest absolute Gasteiger partial charge is 0.469 e. The van der Waals surface area contributed by atoms with Gasteiger partial charge in [-0.25, -0.2) is 0 Å². The monoisotopic (exact) mass is 346 g/mol. The molecular weight excluding hydrogens is 324 g/mol. The zero-order chi connectivity index (χ0) is 18.0. The van der Waals surface area contributed by atoms with Crippen LogP contribution >= 0.6 is 0 Å². The highest BCUT2D eigenvalue weighted by Gasteiger charge is 2.43. The minimum Gasteiger partial charge on any atom is -0.469 e. The van der Waals surface area contributed by atoms with Gasteiger partial charge in [-0.05, 0) is 30.5 Å². The van der Waals surface area contributed by atoms with Gasteiger partial charge in [0.2, 0.25) is 0 Å². The van der Waals surface area contributed by atoms with Crippen LogP contribution in [-0.2, 0) is 21.4 Å². The summed E-state index contributed by atoms with van der Waals surface area (Å²) in [7, 11) is 1.40. The number of benzene rings is 2. The van der Waals surface area contributed by atoms with Crippen molar-refractivity contribution in [3.05, 3.63) is 71.9 Å². The summed E-state index contributed by atoms with van der Waals surface area (Å²) in [4.78, 5) is 16.3. The summed E-state index contributed by atoms with van der Waals surface area (Å²) in [6.45, 7) is 0.878. The lowest BCUT2D eigenvalue weighted by molar-refractivity contribution is -0.139. The Bertz CT molecular complexity index is 933. The van der Waals surface area contributed by atoms with Crippen molar-refractivity contribution in [2.24, 2.45) is 0 Å². The quantitative estimate of drug-likeness (QED) is 0.683. The number of ether oxygens (including phenoxy) is 1. The summed E-state index contributed by atoms with van der Waals surface area (Å²) in [5.41, 5.74) is 4.25. The molecule has 4 nitrogen and oxygen atoms in total. The van der Waals surface area contributed by atoms with Crippen LogP contribution < -0.4 is 5.32 Å². The van der Waals surface area contributed by atoms with E-state index in [1.54, 1.807) is 0 Å². The normalized spacial score (nSPS) is 14.8. The number of pyridine rings is 1. The molecule has 0 aliphatic heterocycles. The van der Waals surface area contributed by atoms with Gasteiger partial charge in [-0.15, -0.1) is 0 Å². The molecule has 0 amide bonds. The highest BCUT2D eigenvalue weighted by Crippen LogP contribution is 2.48. The van der Waals surface area contributed by atoms with Crippen molar-refractivity contribution < 1.29 is 9.53 Å². The number of para-hydroxylation sites is 1. The van der Waals surface area contributed by atoms with Crippen LogP contribution in [0.1, 0.15) is 24.1 Å². The fraction of sp³-hybridized carbons (Fsp3) is 0.273. The van der Waals surface area contributed by atoms with Crippen molar-refractivity contribution in [2.75, 3.05) is 19.0 Å². The third-order valence-corrected chi connectivity index (χ3v) is 5.18. The molecule has 0 saturated heterocycles. The van der Waals surface area contributed by atoms with Gasteiger partial charge >= 0.3 is 5.97 Å². The van der Waals surface area contributed by atoms with Crippen LogP contribution in [0.5, 0.6) is 0 Å². The second kappa shape index (κ2) is 6.79. The summed E-state index contributed by atoms with van der Waals surface area (Å²) in [6, 6.07) is 20.7. The first kappa shape index (κ1) is 16.6. The Hall–Kier alpha value is -2.88. The van der Waals surface area contributed by atoms with E-state index in [-0.39, 0.29) is 17.8 Å². The molecule has 0 spiro atoms. The number of carbonyl (C=O) groups excluding carboxylic acids is 1. The maximum atomic E-state index is 11.7. The van der Waals surface area contributed by atoms with Gasteiger partial charge in [0.25, 0.3) is 0 Å². The molecular formula is C22H22N2O2. The van der Waals surface area contributed by atoms with Gasteiger partial charge in [-0.3, -0.25) is 9.78 Å². The third-order valence-electron chi connectivity index (χ3n) is 5.18. The Kier molecular flexibility index (Phi) is 4.33. The zero-order valence-corrected chi connectivity index (χ0v) is 14.9. The Labute approximate surface area is 153 Å². The molecule has 1 N–H and O–H groups in total. The summed E-state index contributed by atoms with van der Waals surface area (Å²) >= 11 is 0. The van der Waals surface area contributed by atoms with E-state index < -0.39 is 0 Å². The Balaban J connectivity index is 1.62. The van der Waals surface area contributed by atoms with Gasteiger partial charge in [0.15, 0.2) is 0 Å². The molecule has 0 bridgehead atoms. The number of anilines is 1. The topological polar surface area (TPSA) is 51.2 Å². The lowest BCUT2D eigenvalue weighted by Crippen LogP contribution is -2.20. The van der Waals surface area contributed by atoms with Crippen LogP contribution in [0.3, 0.4) is 0 Å². The summed E-state index contributed by atoms with van der Waals surface area (Å²) in [5, 5.41) is 4.70. The Morgan fingerprint density at radius 3 is 2.58 bits per heavy atom. The minimum atomic E-state index is -0.276. The van der Waals surface area contributed by atoms with Gasteiger partial charge in [0, 0.05) is 23.0 Å². The number of hydrogen-bond donors (Lipinski definition) is 1. The van der Waals surface area contributed by atoms with Crippen LogP contribution in [0.25, 0.3) is 10.9 Å². The van der Waals surface area contributed by atoms with E-state index in [4.69, 9.17) is 4.74 Å². The molecule has 3 aromatic rings. The molecule has 4 heteroatoms. The fourth-order valence-corrected chi connectivity index (χ4v) is 3.46. The van der Waals surface area contributed by atoms with E-state index in [2.05, 4.69) is 46.7 Å². The first-order valence-electron chi connectivity index (χ1n) is 8.95. The SMILES string of the molecule is COC(=O)Cc1cc(NCC2(c3ccccc3)CC2)c2ccccc2n1. The highest BCUT2D eigenvalue weighted by atomic mass is 16.5. The maximum Gasteiger partial charge on any atom is 0.311 e. The second-order valence-electron chi connectivity index (χ2n) is 6.93. The minimum absolute atomic E-state index is 0.180. The molecule has 26 heavy (non-hydrogen) atoms. The van der Waals surface area contributed by atoms with E-state index in [9.17, 15) is 4.79 Å². The summed E-state index contributed by atoms with van der Waals surface area (Å²) in [5.74, 6) is -0.276. The number of rotatable bonds is 6. The average molecular weight is 346 g/mol. The maximum absolute atomic E-state index is 11.7. The lowest BCUT2D eigenvalue weighted by Gasteiger charge is -2.19. The van der Waals surface area contributed by atoms with E-state index in [0.717, 1.165) is 28.8 Å². The third kappa shape index (κ3) is 3.27. The van der Waals surface area contributed by atoms with Crippen molar-refractivity contribution in [3.8, 4) is 0 Å². The van der Waals surface area contributed by atoms with Gasteiger partial charge in [-0.2, -0.15) is 0 Å². The van der Waals surface area contributed by atoms with E-state index >= 15 is 0 Å². The molecule has 2 aromatic carbocycles. The molecule has 1 heterocycles. The number of fused-ring (bicyclic) bond motifs is 1. The van der Waals surface area contributed by atoms with Gasteiger partial charge in [0.1, 0.15) is 0 Å². The molecule has 0 radical (unpaired) electrons. The number of methoxy groups -OCH3 is 1. The van der Waals surface area contributed by atoms with E-state index in [0.29, 0.717) is 0 Å². The average Bonchev–Trinajstić information content (AvgIpc) is 3.48.